The highest BCUT2D eigenvalue weighted by Gasteiger charge is 2.13. The van der Waals surface area contributed by atoms with Gasteiger partial charge in [0, 0.05) is 14.1 Å². The number of benzene rings is 1. The van der Waals surface area contributed by atoms with Gasteiger partial charge in [-0.3, -0.25) is 0 Å². The van der Waals surface area contributed by atoms with Crippen molar-refractivity contribution in [1.29, 1.82) is 0 Å². The summed E-state index contributed by atoms with van der Waals surface area (Å²) in [4.78, 5) is 4.13. The number of nitrogens with zero attached hydrogens (tertiary/aromatic N) is 2. The zero-order valence-electron chi connectivity index (χ0n) is 7.94. The number of aromatic nitrogens is 2. The molecule has 0 unspecified atom stereocenters. The van der Waals surface area contributed by atoms with Crippen molar-refractivity contribution in [3.63, 3.8) is 0 Å². The smallest absolute Gasteiger partial charge is 0.203 e. The summed E-state index contributed by atoms with van der Waals surface area (Å²) in [6.45, 7) is 0. The van der Waals surface area contributed by atoms with Gasteiger partial charge in [-0.2, -0.15) is 0 Å². The lowest BCUT2D eigenvalue weighted by molar-refractivity contribution is 0.467. The van der Waals surface area contributed by atoms with Crippen molar-refractivity contribution in [2.45, 2.75) is 0 Å². The van der Waals surface area contributed by atoms with Gasteiger partial charge in [0.15, 0.2) is 0 Å². The molecule has 1 aromatic carbocycles. The molecule has 0 aliphatic heterocycles. The van der Waals surface area contributed by atoms with Gasteiger partial charge in [0.25, 0.3) is 0 Å². The molecule has 0 aliphatic rings. The van der Waals surface area contributed by atoms with Gasteiger partial charge in [0.1, 0.15) is 22.5 Å². The first-order valence-electron chi connectivity index (χ1n) is 4.20. The highest BCUT2D eigenvalue weighted by molar-refractivity contribution is 5.89. The summed E-state index contributed by atoms with van der Waals surface area (Å²) >= 11 is 0. The molecule has 1 heterocycles. The van der Waals surface area contributed by atoms with E-state index in [4.69, 9.17) is 0 Å². The third-order valence-corrected chi connectivity index (χ3v) is 2.20. The molecule has 2 rings (SSSR count). The summed E-state index contributed by atoms with van der Waals surface area (Å²) in [5, 5.41) is 22.0. The summed E-state index contributed by atoms with van der Waals surface area (Å²) < 4.78 is 1.68. The van der Waals surface area contributed by atoms with E-state index in [9.17, 15) is 10.2 Å². The van der Waals surface area contributed by atoms with Crippen molar-refractivity contribution < 1.29 is 10.2 Å². The predicted octanol–water partition coefficient (Wildman–Crippen LogP) is 1.03. The van der Waals surface area contributed by atoms with Gasteiger partial charge in [-0.1, -0.05) is 0 Å². The third kappa shape index (κ3) is 0.985. The number of rotatable bonds is 1. The Labute approximate surface area is 80.6 Å². The maximum absolute atomic E-state index is 9.59. The highest BCUT2D eigenvalue weighted by atomic mass is 16.3. The lowest BCUT2D eigenvalue weighted by Crippen LogP contribution is -1.97. The summed E-state index contributed by atoms with van der Waals surface area (Å²) in [7, 11) is 3.50. The molecule has 2 aromatic rings. The van der Waals surface area contributed by atoms with E-state index in [0.717, 1.165) is 0 Å². The quantitative estimate of drug-likeness (QED) is 0.591. The van der Waals surface area contributed by atoms with Gasteiger partial charge >= 0.3 is 0 Å². The maximum Gasteiger partial charge on any atom is 0.203 e. The Bertz CT molecular complexity index is 490. The zero-order chi connectivity index (χ0) is 10.3. The van der Waals surface area contributed by atoms with E-state index in [0.29, 0.717) is 17.0 Å². The number of hydrogen-bond donors (Lipinski definition) is 3. The average Bonchev–Trinajstić information content (AvgIpc) is 2.51. The van der Waals surface area contributed by atoms with Crippen LogP contribution in [0.1, 0.15) is 0 Å². The number of phenolic OH excluding ortho intramolecular Hbond substituents is 2. The molecule has 5 nitrogen and oxygen atoms in total. The molecule has 0 fully saturated rings. The second-order valence-corrected chi connectivity index (χ2v) is 3.05. The minimum Gasteiger partial charge on any atom is -0.506 e. The van der Waals surface area contributed by atoms with Crippen LogP contribution in [0.3, 0.4) is 0 Å². The third-order valence-electron chi connectivity index (χ3n) is 2.20. The number of aryl methyl sites for hydroxylation is 1. The van der Waals surface area contributed by atoms with Crippen molar-refractivity contribution >= 4 is 17.0 Å². The molecule has 3 N–H and O–H groups in total. The molecule has 0 radical (unpaired) electrons. The van der Waals surface area contributed by atoms with E-state index in [1.807, 2.05) is 0 Å². The first-order chi connectivity index (χ1) is 6.65. The lowest BCUT2D eigenvalue weighted by Gasteiger charge is -2.01. The van der Waals surface area contributed by atoms with Gasteiger partial charge in [-0.15, -0.1) is 0 Å². The van der Waals surface area contributed by atoms with Crippen molar-refractivity contribution in [3.05, 3.63) is 12.1 Å². The van der Waals surface area contributed by atoms with Crippen LogP contribution in [0.5, 0.6) is 11.5 Å². The molecular weight excluding hydrogens is 182 g/mol. The van der Waals surface area contributed by atoms with Crippen LogP contribution in [-0.4, -0.2) is 26.8 Å². The van der Waals surface area contributed by atoms with Crippen LogP contribution in [0, 0.1) is 0 Å². The Balaban J connectivity index is 2.90. The molecule has 0 atom stereocenters. The fraction of sp³-hybridized carbons (Fsp3) is 0.222. The fourth-order valence-corrected chi connectivity index (χ4v) is 1.51. The van der Waals surface area contributed by atoms with E-state index in [1.165, 1.54) is 12.1 Å². The second-order valence-electron chi connectivity index (χ2n) is 3.05. The van der Waals surface area contributed by atoms with E-state index in [1.54, 1.807) is 18.7 Å². The van der Waals surface area contributed by atoms with Crippen molar-refractivity contribution in [2.24, 2.45) is 7.05 Å². The summed E-state index contributed by atoms with van der Waals surface area (Å²) in [6, 6.07) is 2.86. The standard InChI is InChI=1S/C9H11N3O2/c1-10-9-11-7-5(13)3-4-6(14)8(7)12(9)2/h3-4,13-14H,1-2H3,(H,10,11). The Morgan fingerprint density at radius 1 is 1.29 bits per heavy atom. The first kappa shape index (κ1) is 8.68. The number of anilines is 1. The average molecular weight is 193 g/mol. The molecule has 74 valence electrons. The summed E-state index contributed by atoms with van der Waals surface area (Å²) in [6.07, 6.45) is 0. The Kier molecular flexibility index (Phi) is 1.73. The van der Waals surface area contributed by atoms with Gasteiger partial charge in [0.05, 0.1) is 0 Å². The maximum atomic E-state index is 9.59. The minimum atomic E-state index is 0.0647. The monoisotopic (exact) mass is 193 g/mol. The van der Waals surface area contributed by atoms with Crippen LogP contribution < -0.4 is 5.32 Å². The van der Waals surface area contributed by atoms with Gasteiger partial charge < -0.3 is 20.1 Å². The number of nitrogens with one attached hydrogen (secondary N) is 1. The molecular formula is C9H11N3O2. The molecule has 0 amide bonds. The van der Waals surface area contributed by atoms with E-state index in [2.05, 4.69) is 10.3 Å². The molecule has 14 heavy (non-hydrogen) atoms. The Hall–Kier alpha value is -1.91. The Morgan fingerprint density at radius 2 is 1.93 bits per heavy atom. The normalized spacial score (nSPS) is 10.7. The number of hydrogen-bond acceptors (Lipinski definition) is 4. The number of fused-ring (bicyclic) bond motifs is 1. The molecule has 0 spiro atoms. The summed E-state index contributed by atoms with van der Waals surface area (Å²) in [5.41, 5.74) is 0.922. The predicted molar refractivity (Wildman–Crippen MR) is 53.6 cm³/mol. The molecule has 0 aliphatic carbocycles. The van der Waals surface area contributed by atoms with Gasteiger partial charge in [-0.25, -0.2) is 4.98 Å². The zero-order valence-corrected chi connectivity index (χ0v) is 7.94. The van der Waals surface area contributed by atoms with Crippen LogP contribution >= 0.6 is 0 Å². The molecule has 1 aromatic heterocycles. The Morgan fingerprint density at radius 3 is 2.50 bits per heavy atom. The van der Waals surface area contributed by atoms with Gasteiger partial charge in [-0.05, 0) is 12.1 Å². The molecule has 0 saturated carbocycles. The molecule has 0 saturated heterocycles. The van der Waals surface area contributed by atoms with Crippen LogP contribution in [0.25, 0.3) is 11.0 Å². The molecule has 0 bridgehead atoms. The number of phenols is 2. The van der Waals surface area contributed by atoms with Crippen LogP contribution in [0.4, 0.5) is 5.95 Å². The fourth-order valence-electron chi connectivity index (χ4n) is 1.51. The van der Waals surface area contributed by atoms with Gasteiger partial charge in [0.2, 0.25) is 5.95 Å². The van der Waals surface area contributed by atoms with Crippen LogP contribution in [0.15, 0.2) is 12.1 Å². The van der Waals surface area contributed by atoms with Crippen LogP contribution in [-0.2, 0) is 7.05 Å². The number of aromatic hydroxyl groups is 2. The number of imidazole rings is 1. The van der Waals surface area contributed by atoms with E-state index < -0.39 is 0 Å². The van der Waals surface area contributed by atoms with Crippen LogP contribution in [0.2, 0.25) is 0 Å². The van der Waals surface area contributed by atoms with Crippen molar-refractivity contribution in [3.8, 4) is 11.5 Å². The van der Waals surface area contributed by atoms with E-state index in [-0.39, 0.29) is 11.5 Å². The van der Waals surface area contributed by atoms with Crippen molar-refractivity contribution in [2.75, 3.05) is 12.4 Å². The topological polar surface area (TPSA) is 70.3 Å². The minimum absolute atomic E-state index is 0.0647. The summed E-state index contributed by atoms with van der Waals surface area (Å²) in [5.74, 6) is 0.765. The second kappa shape index (κ2) is 2.80. The SMILES string of the molecule is CNc1nc2c(O)ccc(O)c2n1C. The first-order valence-corrected chi connectivity index (χ1v) is 4.20. The molecule has 5 heteroatoms. The lowest BCUT2D eigenvalue weighted by atomic mass is 10.2. The highest BCUT2D eigenvalue weighted by Crippen LogP contribution is 2.32. The largest absolute Gasteiger partial charge is 0.506 e. The van der Waals surface area contributed by atoms with E-state index >= 15 is 0 Å². The van der Waals surface area contributed by atoms with Crippen molar-refractivity contribution in [1.82, 2.24) is 9.55 Å².